The van der Waals surface area contributed by atoms with E-state index < -0.39 is 5.97 Å². The van der Waals surface area contributed by atoms with E-state index in [2.05, 4.69) is 5.16 Å². The third kappa shape index (κ3) is 3.35. The molecule has 0 saturated carbocycles. The van der Waals surface area contributed by atoms with Crippen molar-refractivity contribution < 1.29 is 19.5 Å². The van der Waals surface area contributed by atoms with Crippen LogP contribution in [0.3, 0.4) is 0 Å². The van der Waals surface area contributed by atoms with Crippen LogP contribution in [0.4, 0.5) is 0 Å². The lowest BCUT2D eigenvalue weighted by Crippen LogP contribution is -2.08. The lowest BCUT2D eigenvalue weighted by atomic mass is 10.2. The topological polar surface area (TPSA) is 68.1 Å². The van der Waals surface area contributed by atoms with Gasteiger partial charge < -0.3 is 14.7 Å². The van der Waals surface area contributed by atoms with E-state index in [0.29, 0.717) is 22.6 Å². The Bertz CT molecular complexity index is 603. The van der Waals surface area contributed by atoms with Crippen LogP contribution in [0.1, 0.15) is 15.9 Å². The summed E-state index contributed by atoms with van der Waals surface area (Å²) in [5.74, 6) is 0.645. The Balaban J connectivity index is 2.06. The van der Waals surface area contributed by atoms with Crippen molar-refractivity contribution >= 4 is 12.2 Å². The molecule has 0 unspecified atom stereocenters. The van der Waals surface area contributed by atoms with E-state index in [4.69, 9.17) is 14.7 Å². The van der Waals surface area contributed by atoms with Gasteiger partial charge in [-0.3, -0.25) is 0 Å². The fourth-order valence-corrected chi connectivity index (χ4v) is 1.58. The molecule has 0 aliphatic carbocycles. The maximum absolute atomic E-state index is 11.9. The Kier molecular flexibility index (Phi) is 4.34. The molecular weight excluding hydrogens is 258 g/mol. The number of hydrogen-bond donors (Lipinski definition) is 1. The molecule has 2 aromatic rings. The van der Waals surface area contributed by atoms with Crippen LogP contribution in [0.25, 0.3) is 0 Å². The zero-order chi connectivity index (χ0) is 14.4. The first-order chi connectivity index (χ1) is 9.72. The summed E-state index contributed by atoms with van der Waals surface area (Å²) >= 11 is 0. The van der Waals surface area contributed by atoms with Gasteiger partial charge in [0, 0.05) is 0 Å². The van der Waals surface area contributed by atoms with E-state index in [-0.39, 0.29) is 0 Å². The highest BCUT2D eigenvalue weighted by atomic mass is 16.5. The molecule has 0 fully saturated rings. The van der Waals surface area contributed by atoms with Gasteiger partial charge in [0.05, 0.1) is 18.9 Å². The second-order valence-corrected chi connectivity index (χ2v) is 3.93. The molecule has 5 nitrogen and oxygen atoms in total. The summed E-state index contributed by atoms with van der Waals surface area (Å²) in [4.78, 5) is 11.9. The maximum atomic E-state index is 11.9. The SMILES string of the molecule is COc1ccc(C(=O)Oc2ccc(/C=N\O)cc2)cc1. The minimum absolute atomic E-state index is 0.418. The lowest BCUT2D eigenvalue weighted by molar-refractivity contribution is 0.0734. The van der Waals surface area contributed by atoms with Crippen LogP contribution in [0.5, 0.6) is 11.5 Å². The van der Waals surface area contributed by atoms with Crippen molar-refractivity contribution in [2.24, 2.45) is 5.16 Å². The molecule has 0 bridgehead atoms. The summed E-state index contributed by atoms with van der Waals surface area (Å²) < 4.78 is 10.2. The molecule has 0 saturated heterocycles. The van der Waals surface area contributed by atoms with Crippen molar-refractivity contribution in [3.8, 4) is 11.5 Å². The van der Waals surface area contributed by atoms with Crippen molar-refractivity contribution in [1.29, 1.82) is 0 Å². The van der Waals surface area contributed by atoms with Crippen molar-refractivity contribution in [1.82, 2.24) is 0 Å². The highest BCUT2D eigenvalue weighted by Crippen LogP contribution is 2.16. The number of benzene rings is 2. The first kappa shape index (κ1) is 13.6. The van der Waals surface area contributed by atoms with Gasteiger partial charge in [-0.05, 0) is 54.1 Å². The van der Waals surface area contributed by atoms with Gasteiger partial charge in [0.2, 0.25) is 0 Å². The number of hydrogen-bond acceptors (Lipinski definition) is 5. The predicted octanol–water partition coefficient (Wildman–Crippen LogP) is 2.72. The molecule has 2 aromatic carbocycles. The second-order valence-electron chi connectivity index (χ2n) is 3.93. The third-order valence-electron chi connectivity index (χ3n) is 2.62. The second kappa shape index (κ2) is 6.38. The van der Waals surface area contributed by atoms with E-state index >= 15 is 0 Å². The summed E-state index contributed by atoms with van der Waals surface area (Å²) in [6.45, 7) is 0. The lowest BCUT2D eigenvalue weighted by Gasteiger charge is -2.05. The number of esters is 1. The molecule has 0 atom stereocenters. The smallest absolute Gasteiger partial charge is 0.343 e. The number of carbonyl (C=O) groups excluding carboxylic acids is 1. The Morgan fingerprint density at radius 1 is 1.05 bits per heavy atom. The van der Waals surface area contributed by atoms with Crippen molar-refractivity contribution in [2.75, 3.05) is 7.11 Å². The summed E-state index contributed by atoms with van der Waals surface area (Å²) in [5.41, 5.74) is 1.14. The summed E-state index contributed by atoms with van der Waals surface area (Å²) in [7, 11) is 1.56. The molecule has 0 heterocycles. The number of rotatable bonds is 4. The van der Waals surface area contributed by atoms with E-state index in [1.54, 1.807) is 55.6 Å². The van der Waals surface area contributed by atoms with E-state index in [1.807, 2.05) is 0 Å². The summed E-state index contributed by atoms with van der Waals surface area (Å²) in [5, 5.41) is 11.3. The monoisotopic (exact) mass is 271 g/mol. The van der Waals surface area contributed by atoms with Crippen LogP contribution in [0, 0.1) is 0 Å². The zero-order valence-electron chi connectivity index (χ0n) is 10.8. The quantitative estimate of drug-likeness (QED) is 0.305. The highest BCUT2D eigenvalue weighted by molar-refractivity contribution is 5.91. The average molecular weight is 271 g/mol. The average Bonchev–Trinajstić information content (AvgIpc) is 2.49. The molecule has 0 amide bonds. The van der Waals surface area contributed by atoms with Gasteiger partial charge in [0.1, 0.15) is 11.5 Å². The van der Waals surface area contributed by atoms with Crippen LogP contribution in [0.2, 0.25) is 0 Å². The Hall–Kier alpha value is -2.82. The molecule has 5 heteroatoms. The highest BCUT2D eigenvalue weighted by Gasteiger charge is 2.08. The molecule has 0 radical (unpaired) electrons. The number of carbonyl (C=O) groups is 1. The fourth-order valence-electron chi connectivity index (χ4n) is 1.58. The largest absolute Gasteiger partial charge is 0.497 e. The number of ether oxygens (including phenoxy) is 2. The minimum atomic E-state index is -0.448. The summed E-state index contributed by atoms with van der Waals surface area (Å²) in [6, 6.07) is 13.3. The van der Waals surface area contributed by atoms with Crippen LogP contribution in [0.15, 0.2) is 53.7 Å². The first-order valence-electron chi connectivity index (χ1n) is 5.86. The van der Waals surface area contributed by atoms with E-state index in [9.17, 15) is 4.79 Å². The van der Waals surface area contributed by atoms with Gasteiger partial charge in [-0.25, -0.2) is 4.79 Å². The van der Waals surface area contributed by atoms with Crippen LogP contribution >= 0.6 is 0 Å². The van der Waals surface area contributed by atoms with Crippen LogP contribution in [-0.2, 0) is 0 Å². The minimum Gasteiger partial charge on any atom is -0.497 e. The summed E-state index contributed by atoms with van der Waals surface area (Å²) in [6.07, 6.45) is 1.29. The standard InChI is InChI=1S/C15H13NO4/c1-19-13-8-4-12(5-9-13)15(17)20-14-6-2-11(3-7-14)10-16-18/h2-10,18H,1H3/b16-10-. The maximum Gasteiger partial charge on any atom is 0.343 e. The molecule has 0 aliphatic heterocycles. The number of methoxy groups -OCH3 is 1. The fraction of sp³-hybridized carbons (Fsp3) is 0.0667. The van der Waals surface area contributed by atoms with Gasteiger partial charge in [-0.1, -0.05) is 5.16 Å². The molecule has 102 valence electrons. The van der Waals surface area contributed by atoms with Crippen molar-refractivity contribution in [3.05, 3.63) is 59.7 Å². The molecule has 1 N–H and O–H groups in total. The van der Waals surface area contributed by atoms with Gasteiger partial charge in [-0.15, -0.1) is 0 Å². The first-order valence-corrected chi connectivity index (χ1v) is 5.86. The molecule has 2 rings (SSSR count). The van der Waals surface area contributed by atoms with E-state index in [0.717, 1.165) is 0 Å². The van der Waals surface area contributed by atoms with Gasteiger partial charge in [0.25, 0.3) is 0 Å². The number of nitrogens with zero attached hydrogens (tertiary/aromatic N) is 1. The molecule has 0 aromatic heterocycles. The number of oxime groups is 1. The van der Waals surface area contributed by atoms with Crippen LogP contribution < -0.4 is 9.47 Å². The molecule has 0 aliphatic rings. The third-order valence-corrected chi connectivity index (χ3v) is 2.62. The van der Waals surface area contributed by atoms with Gasteiger partial charge in [-0.2, -0.15) is 0 Å². The van der Waals surface area contributed by atoms with Gasteiger partial charge >= 0.3 is 5.97 Å². The van der Waals surface area contributed by atoms with Crippen LogP contribution in [-0.4, -0.2) is 24.5 Å². The zero-order valence-corrected chi connectivity index (χ0v) is 10.8. The Morgan fingerprint density at radius 2 is 1.65 bits per heavy atom. The Labute approximate surface area is 116 Å². The molecule has 0 spiro atoms. The normalized spacial score (nSPS) is 10.4. The predicted molar refractivity (Wildman–Crippen MR) is 73.8 cm³/mol. The van der Waals surface area contributed by atoms with Crippen molar-refractivity contribution in [2.45, 2.75) is 0 Å². The molecular formula is C15H13NO4. The van der Waals surface area contributed by atoms with Crippen molar-refractivity contribution in [3.63, 3.8) is 0 Å². The van der Waals surface area contributed by atoms with E-state index in [1.165, 1.54) is 6.21 Å². The Morgan fingerprint density at radius 3 is 2.20 bits per heavy atom. The molecule has 20 heavy (non-hydrogen) atoms. The van der Waals surface area contributed by atoms with Gasteiger partial charge in [0.15, 0.2) is 0 Å².